The number of carboxylic acid groups (broad SMARTS) is 1. The Bertz CT molecular complexity index is 761. The third-order valence-electron chi connectivity index (χ3n) is 10.6. The Labute approximate surface area is 191 Å². The van der Waals surface area contributed by atoms with Gasteiger partial charge in [-0.15, -0.1) is 0 Å². The highest BCUT2D eigenvalue weighted by molar-refractivity contribution is 5.84. The molecule has 8 atom stereocenters. The number of amides is 1. The smallest absolute Gasteiger partial charge is 0.408 e. The number of nitrogens with one attached hydrogen (secondary N) is 1. The van der Waals surface area contributed by atoms with Crippen LogP contribution >= 0.6 is 0 Å². The molecule has 0 aromatic rings. The molecule has 4 aliphatic rings. The van der Waals surface area contributed by atoms with Crippen LogP contribution in [0.1, 0.15) is 91.4 Å². The molecule has 0 radical (unpaired) electrons. The molecule has 7 heteroatoms. The number of fused-ring (bicyclic) bond motifs is 5. The zero-order valence-electron chi connectivity index (χ0n) is 20.0. The molecule has 1 amide bonds. The molecule has 0 saturated heterocycles. The summed E-state index contributed by atoms with van der Waals surface area (Å²) in [5.41, 5.74) is 4.46. The Balaban J connectivity index is 1.63. The van der Waals surface area contributed by atoms with Gasteiger partial charge in [-0.3, -0.25) is 0 Å². The van der Waals surface area contributed by atoms with E-state index in [2.05, 4.69) is 12.2 Å². The minimum absolute atomic E-state index is 0.0576. The first kappa shape index (κ1) is 23.8. The number of carbonyl (C=O) groups excluding carboxylic acids is 1. The number of alkyl carbamates (subject to hydrolysis) is 1. The molecule has 4 aliphatic carbocycles. The number of nitrogens with two attached hydrogens (primary N) is 1. The topological polar surface area (TPSA) is 122 Å². The molecular formula is C25H42N2O5. The Kier molecular flexibility index (Phi) is 6.07. The van der Waals surface area contributed by atoms with Crippen molar-refractivity contribution in [2.45, 2.75) is 109 Å². The molecule has 0 bridgehead atoms. The van der Waals surface area contributed by atoms with Gasteiger partial charge in [0.05, 0.1) is 0 Å². The minimum Gasteiger partial charge on any atom is -0.478 e. The zero-order chi connectivity index (χ0) is 23.4. The molecule has 5 N–H and O–H groups in total. The highest BCUT2D eigenvalue weighted by Gasteiger charge is 2.75. The number of carbonyl (C=O) groups is 2. The number of ether oxygens (including phenoxy) is 1. The molecule has 4 saturated carbocycles. The molecule has 0 heterocycles. The number of aliphatic carboxylic acids is 1. The van der Waals surface area contributed by atoms with Crippen LogP contribution in [0.5, 0.6) is 0 Å². The number of carboxylic acids is 1. The van der Waals surface area contributed by atoms with Gasteiger partial charge in [0.15, 0.2) is 0 Å². The summed E-state index contributed by atoms with van der Waals surface area (Å²) < 4.78 is 5.82. The van der Waals surface area contributed by atoms with Gasteiger partial charge in [-0.25, -0.2) is 9.59 Å². The summed E-state index contributed by atoms with van der Waals surface area (Å²) in [5.74, 6) is 0.448. The van der Waals surface area contributed by atoms with E-state index in [1.54, 1.807) is 6.92 Å². The summed E-state index contributed by atoms with van der Waals surface area (Å²) in [4.78, 5) is 25.4. The fourth-order valence-corrected chi connectivity index (χ4v) is 8.57. The molecular weight excluding hydrogens is 408 g/mol. The molecule has 7 nitrogen and oxygen atoms in total. The minimum atomic E-state index is -1.62. The van der Waals surface area contributed by atoms with Crippen molar-refractivity contribution in [3.8, 4) is 0 Å². The van der Waals surface area contributed by atoms with Crippen LogP contribution in [-0.4, -0.2) is 46.1 Å². The van der Waals surface area contributed by atoms with E-state index in [1.165, 1.54) is 32.1 Å². The van der Waals surface area contributed by atoms with Crippen molar-refractivity contribution in [3.63, 3.8) is 0 Å². The Morgan fingerprint density at radius 3 is 2.50 bits per heavy atom. The van der Waals surface area contributed by atoms with E-state index >= 15 is 0 Å². The highest BCUT2D eigenvalue weighted by atomic mass is 16.6. The average molecular weight is 451 g/mol. The van der Waals surface area contributed by atoms with Crippen molar-refractivity contribution in [1.82, 2.24) is 5.32 Å². The Morgan fingerprint density at radius 2 is 1.81 bits per heavy atom. The van der Waals surface area contributed by atoms with Gasteiger partial charge >= 0.3 is 12.1 Å². The van der Waals surface area contributed by atoms with Gasteiger partial charge < -0.3 is 26.0 Å². The molecule has 4 rings (SSSR count). The van der Waals surface area contributed by atoms with Gasteiger partial charge in [0.2, 0.25) is 5.60 Å². The quantitative estimate of drug-likeness (QED) is 0.505. The van der Waals surface area contributed by atoms with Gasteiger partial charge in [-0.1, -0.05) is 26.7 Å². The van der Waals surface area contributed by atoms with Crippen LogP contribution in [0.25, 0.3) is 0 Å². The van der Waals surface area contributed by atoms with Crippen molar-refractivity contribution in [1.29, 1.82) is 0 Å². The average Bonchev–Trinajstić information content (AvgIpc) is 2.96. The van der Waals surface area contributed by atoms with Gasteiger partial charge in [0.1, 0.15) is 0 Å². The van der Waals surface area contributed by atoms with Gasteiger partial charge in [-0.2, -0.15) is 0 Å². The lowest BCUT2D eigenvalue weighted by Gasteiger charge is -2.64. The zero-order valence-corrected chi connectivity index (χ0v) is 20.0. The van der Waals surface area contributed by atoms with Crippen LogP contribution in [-0.2, 0) is 9.53 Å². The normalized spacial score (nSPS) is 46.3. The molecule has 0 aliphatic heterocycles. The standard InChI is InChI=1S/C25H42N2O5/c1-16(10-15-28)27-21(31)32-25(20(29)30)14-13-24(26)19-8-7-17-6-4-5-11-22(17,2)18(19)9-12-23(24,25)3/h16-19,28H,4-15,26H2,1-3H3,(H,27,31)(H,29,30)/t16?,17?,18-,19-,22+,23+,24-,25?/m1/s1. The van der Waals surface area contributed by atoms with Gasteiger partial charge in [0, 0.05) is 30.0 Å². The van der Waals surface area contributed by atoms with Crippen molar-refractivity contribution in [3.05, 3.63) is 0 Å². The molecule has 0 aromatic carbocycles. The predicted octanol–water partition coefficient (Wildman–Crippen LogP) is 3.82. The van der Waals surface area contributed by atoms with Crippen LogP contribution in [0.4, 0.5) is 4.79 Å². The fraction of sp³-hybridized carbons (Fsp3) is 0.920. The fourth-order valence-electron chi connectivity index (χ4n) is 8.57. The van der Waals surface area contributed by atoms with Crippen LogP contribution in [0, 0.1) is 28.6 Å². The third kappa shape index (κ3) is 3.21. The second-order valence-electron chi connectivity index (χ2n) is 11.7. The van der Waals surface area contributed by atoms with E-state index in [9.17, 15) is 14.7 Å². The summed E-state index contributed by atoms with van der Waals surface area (Å²) in [6.07, 6.45) is 9.47. The molecule has 182 valence electrons. The monoisotopic (exact) mass is 450 g/mol. The van der Waals surface area contributed by atoms with E-state index in [4.69, 9.17) is 15.6 Å². The highest BCUT2D eigenvalue weighted by Crippen LogP contribution is 2.69. The third-order valence-corrected chi connectivity index (χ3v) is 10.6. The van der Waals surface area contributed by atoms with E-state index < -0.39 is 28.6 Å². The second kappa shape index (κ2) is 8.15. The largest absolute Gasteiger partial charge is 0.478 e. The maximum Gasteiger partial charge on any atom is 0.408 e. The van der Waals surface area contributed by atoms with Gasteiger partial charge in [-0.05, 0) is 81.5 Å². The number of aliphatic hydroxyl groups is 1. The van der Waals surface area contributed by atoms with E-state index in [-0.39, 0.29) is 25.0 Å². The first-order valence-electron chi connectivity index (χ1n) is 12.7. The molecule has 4 fully saturated rings. The summed E-state index contributed by atoms with van der Waals surface area (Å²) in [7, 11) is 0. The number of hydrogen-bond acceptors (Lipinski definition) is 5. The van der Waals surface area contributed by atoms with E-state index in [1.807, 2.05) is 6.92 Å². The second-order valence-corrected chi connectivity index (χ2v) is 11.7. The summed E-state index contributed by atoms with van der Waals surface area (Å²) in [6, 6.07) is -0.299. The van der Waals surface area contributed by atoms with Crippen molar-refractivity contribution < 1.29 is 24.5 Å². The van der Waals surface area contributed by atoms with E-state index in [0.717, 1.165) is 18.8 Å². The number of aliphatic hydroxyl groups excluding tert-OH is 1. The van der Waals surface area contributed by atoms with Crippen LogP contribution in [0.3, 0.4) is 0 Å². The summed E-state index contributed by atoms with van der Waals surface area (Å²) >= 11 is 0. The lowest BCUT2D eigenvalue weighted by Crippen LogP contribution is -2.71. The van der Waals surface area contributed by atoms with Crippen LogP contribution in [0.2, 0.25) is 0 Å². The first-order valence-corrected chi connectivity index (χ1v) is 12.7. The molecule has 3 unspecified atom stereocenters. The maximum atomic E-state index is 12.7. The number of rotatable bonds is 5. The lowest BCUT2D eigenvalue weighted by atomic mass is 9.42. The summed E-state index contributed by atoms with van der Waals surface area (Å²) in [5, 5.41) is 22.2. The Hall–Kier alpha value is -1.34. The van der Waals surface area contributed by atoms with Crippen molar-refractivity contribution in [2.24, 2.45) is 34.3 Å². The Morgan fingerprint density at radius 1 is 1.06 bits per heavy atom. The molecule has 0 spiro atoms. The van der Waals surface area contributed by atoms with Crippen molar-refractivity contribution >= 4 is 12.1 Å². The maximum absolute atomic E-state index is 12.7. The number of hydrogen-bond donors (Lipinski definition) is 4. The van der Waals surface area contributed by atoms with Crippen molar-refractivity contribution in [2.75, 3.05) is 6.61 Å². The lowest BCUT2D eigenvalue weighted by molar-refractivity contribution is -0.190. The SMILES string of the molecule is CC(CCO)NC(=O)OC1(C(=O)O)CC[C@@]2(N)[C@@H]3CCC4CCCC[C@]4(C)[C@@H]3CC[C@]12C. The van der Waals surface area contributed by atoms with Gasteiger partial charge in [0.25, 0.3) is 0 Å². The molecule has 0 aromatic heterocycles. The summed E-state index contributed by atoms with van der Waals surface area (Å²) in [6.45, 7) is 6.14. The van der Waals surface area contributed by atoms with E-state index in [0.29, 0.717) is 30.6 Å². The van der Waals surface area contributed by atoms with Crippen LogP contribution < -0.4 is 11.1 Å². The first-order chi connectivity index (χ1) is 15.0. The molecule has 32 heavy (non-hydrogen) atoms. The van der Waals surface area contributed by atoms with Crippen LogP contribution in [0.15, 0.2) is 0 Å². The predicted molar refractivity (Wildman–Crippen MR) is 121 cm³/mol.